The summed E-state index contributed by atoms with van der Waals surface area (Å²) in [7, 11) is 0. The second-order valence-electron chi connectivity index (χ2n) is 2.48. The maximum Gasteiger partial charge on any atom is 0.236 e. The maximum absolute atomic E-state index is 11.1. The second-order valence-corrected chi connectivity index (χ2v) is 2.48. The molecule has 68 valence electrons. The van der Waals surface area contributed by atoms with Crippen molar-refractivity contribution >= 4 is 5.91 Å². The molecule has 0 rings (SSSR count). The third-order valence-corrected chi connectivity index (χ3v) is 1.50. The molecular formula is C9H16N2O. The van der Waals surface area contributed by atoms with Crippen LogP contribution < -0.4 is 11.1 Å². The van der Waals surface area contributed by atoms with Gasteiger partial charge in [-0.3, -0.25) is 4.79 Å². The van der Waals surface area contributed by atoms with Gasteiger partial charge >= 0.3 is 0 Å². The maximum atomic E-state index is 11.1. The Balaban J connectivity index is 3.48. The van der Waals surface area contributed by atoms with Crippen molar-refractivity contribution in [1.82, 2.24) is 5.32 Å². The first-order chi connectivity index (χ1) is 5.72. The zero-order chi connectivity index (χ0) is 9.40. The molecule has 0 unspecified atom stereocenters. The summed E-state index contributed by atoms with van der Waals surface area (Å²) < 4.78 is 0. The van der Waals surface area contributed by atoms with Crippen LogP contribution in [0.25, 0.3) is 0 Å². The molecule has 0 aromatic heterocycles. The molecule has 12 heavy (non-hydrogen) atoms. The number of nitrogens with one attached hydrogen (secondary N) is 1. The van der Waals surface area contributed by atoms with Crippen LogP contribution in [0.3, 0.4) is 0 Å². The topological polar surface area (TPSA) is 55.1 Å². The van der Waals surface area contributed by atoms with Gasteiger partial charge in [0, 0.05) is 13.0 Å². The number of hydrogen-bond acceptors (Lipinski definition) is 2. The first-order valence-corrected chi connectivity index (χ1v) is 4.15. The summed E-state index contributed by atoms with van der Waals surface area (Å²) in [6.07, 6.45) is 1.37. The van der Waals surface area contributed by atoms with Crippen molar-refractivity contribution in [1.29, 1.82) is 0 Å². The molecule has 0 saturated carbocycles. The molecule has 0 radical (unpaired) electrons. The van der Waals surface area contributed by atoms with Crippen LogP contribution in [-0.4, -0.2) is 18.5 Å². The summed E-state index contributed by atoms with van der Waals surface area (Å²) in [6.45, 7) is 4.25. The summed E-state index contributed by atoms with van der Waals surface area (Å²) in [5, 5.41) is 2.70. The highest BCUT2D eigenvalue weighted by atomic mass is 16.2. The van der Waals surface area contributed by atoms with Crippen LogP contribution in [-0.2, 0) is 4.79 Å². The first kappa shape index (κ1) is 11.0. The molecule has 0 heterocycles. The second kappa shape index (κ2) is 6.68. The van der Waals surface area contributed by atoms with Crippen molar-refractivity contribution in [3.63, 3.8) is 0 Å². The third kappa shape index (κ3) is 4.75. The lowest BCUT2D eigenvalue weighted by molar-refractivity contribution is -0.122. The fourth-order valence-electron chi connectivity index (χ4n) is 0.690. The zero-order valence-corrected chi connectivity index (χ0v) is 7.68. The molecule has 3 heteroatoms. The van der Waals surface area contributed by atoms with Crippen molar-refractivity contribution < 1.29 is 4.79 Å². The minimum absolute atomic E-state index is 0.0876. The number of carbonyl (C=O) groups is 1. The molecule has 0 bridgehead atoms. The molecule has 3 N–H and O–H groups in total. The van der Waals surface area contributed by atoms with Crippen LogP contribution in [0.4, 0.5) is 0 Å². The van der Waals surface area contributed by atoms with Crippen molar-refractivity contribution in [3.05, 3.63) is 0 Å². The summed E-state index contributed by atoms with van der Waals surface area (Å²) >= 11 is 0. The van der Waals surface area contributed by atoms with Gasteiger partial charge in [0.05, 0.1) is 6.04 Å². The summed E-state index contributed by atoms with van der Waals surface area (Å²) in [6, 6.07) is -0.375. The molecule has 0 aromatic rings. The normalized spacial score (nSPS) is 11.2. The van der Waals surface area contributed by atoms with E-state index in [9.17, 15) is 4.79 Å². The number of amides is 1. The Labute approximate surface area is 73.7 Å². The Bertz CT molecular complexity index is 190. The van der Waals surface area contributed by atoms with E-state index >= 15 is 0 Å². The van der Waals surface area contributed by atoms with E-state index in [1.165, 1.54) is 0 Å². The van der Waals surface area contributed by atoms with Gasteiger partial charge in [0.15, 0.2) is 0 Å². The predicted molar refractivity (Wildman–Crippen MR) is 49.3 cm³/mol. The van der Waals surface area contributed by atoms with Crippen LogP contribution in [0, 0.1) is 11.8 Å². The van der Waals surface area contributed by atoms with Gasteiger partial charge in [-0.25, -0.2) is 0 Å². The van der Waals surface area contributed by atoms with Crippen LogP contribution in [0.1, 0.15) is 26.7 Å². The van der Waals surface area contributed by atoms with Gasteiger partial charge < -0.3 is 11.1 Å². The first-order valence-electron chi connectivity index (χ1n) is 4.15. The van der Waals surface area contributed by atoms with Crippen LogP contribution in [0.2, 0.25) is 0 Å². The van der Waals surface area contributed by atoms with Crippen LogP contribution in [0.5, 0.6) is 0 Å². The summed E-state index contributed by atoms with van der Waals surface area (Å²) in [4.78, 5) is 11.1. The minimum Gasteiger partial charge on any atom is -0.354 e. The Kier molecular flexibility index (Phi) is 6.12. The smallest absolute Gasteiger partial charge is 0.236 e. The number of nitrogens with two attached hydrogens (primary N) is 1. The van der Waals surface area contributed by atoms with Crippen LogP contribution >= 0.6 is 0 Å². The van der Waals surface area contributed by atoms with E-state index in [-0.39, 0.29) is 11.9 Å². The van der Waals surface area contributed by atoms with Crippen molar-refractivity contribution in [2.75, 3.05) is 6.54 Å². The van der Waals surface area contributed by atoms with E-state index in [1.807, 2.05) is 6.92 Å². The minimum atomic E-state index is -0.375. The molecule has 0 aliphatic rings. The number of hydrogen-bond donors (Lipinski definition) is 2. The molecule has 0 aliphatic heterocycles. The fraction of sp³-hybridized carbons (Fsp3) is 0.667. The van der Waals surface area contributed by atoms with Crippen LogP contribution in [0.15, 0.2) is 0 Å². The van der Waals surface area contributed by atoms with Gasteiger partial charge in [0.2, 0.25) is 5.91 Å². The monoisotopic (exact) mass is 168 g/mol. The molecule has 0 aliphatic carbocycles. The van der Waals surface area contributed by atoms with Gasteiger partial charge in [0.25, 0.3) is 0 Å². The van der Waals surface area contributed by atoms with Crippen molar-refractivity contribution in [3.8, 4) is 11.8 Å². The van der Waals surface area contributed by atoms with Gasteiger partial charge in [0.1, 0.15) is 0 Å². The molecule has 3 nitrogen and oxygen atoms in total. The summed E-state index contributed by atoms with van der Waals surface area (Å²) in [5.41, 5.74) is 5.48. The van der Waals surface area contributed by atoms with Crippen molar-refractivity contribution in [2.24, 2.45) is 5.73 Å². The number of carbonyl (C=O) groups excluding carboxylic acids is 1. The van der Waals surface area contributed by atoms with E-state index in [1.54, 1.807) is 6.92 Å². The highest BCUT2D eigenvalue weighted by Gasteiger charge is 2.08. The molecular weight excluding hydrogens is 152 g/mol. The highest BCUT2D eigenvalue weighted by molar-refractivity contribution is 5.81. The molecule has 0 spiro atoms. The summed E-state index contributed by atoms with van der Waals surface area (Å²) in [5.74, 6) is 5.52. The Hall–Kier alpha value is -1.01. The third-order valence-electron chi connectivity index (χ3n) is 1.50. The highest BCUT2D eigenvalue weighted by Crippen LogP contribution is 1.85. The van der Waals surface area contributed by atoms with Gasteiger partial charge in [-0.05, 0) is 13.3 Å². The molecule has 1 atom stereocenters. The quantitative estimate of drug-likeness (QED) is 0.467. The van der Waals surface area contributed by atoms with E-state index < -0.39 is 0 Å². The lowest BCUT2D eigenvalue weighted by atomic mass is 10.2. The molecule has 0 saturated heterocycles. The number of rotatable bonds is 4. The molecule has 0 aromatic carbocycles. The lowest BCUT2D eigenvalue weighted by Gasteiger charge is -2.07. The van der Waals surface area contributed by atoms with Gasteiger partial charge in [-0.15, -0.1) is 11.8 Å². The van der Waals surface area contributed by atoms with E-state index in [0.717, 1.165) is 0 Å². The lowest BCUT2D eigenvalue weighted by Crippen LogP contribution is -2.40. The van der Waals surface area contributed by atoms with E-state index in [0.29, 0.717) is 19.4 Å². The van der Waals surface area contributed by atoms with Gasteiger partial charge in [-0.2, -0.15) is 0 Å². The van der Waals surface area contributed by atoms with Crippen molar-refractivity contribution in [2.45, 2.75) is 32.7 Å². The average Bonchev–Trinajstić information content (AvgIpc) is 2.10. The zero-order valence-electron chi connectivity index (χ0n) is 7.68. The Morgan fingerprint density at radius 2 is 2.33 bits per heavy atom. The average molecular weight is 168 g/mol. The van der Waals surface area contributed by atoms with Gasteiger partial charge in [-0.1, -0.05) is 6.92 Å². The largest absolute Gasteiger partial charge is 0.354 e. The fourth-order valence-corrected chi connectivity index (χ4v) is 0.690. The molecule has 0 fully saturated rings. The molecule has 1 amide bonds. The Morgan fingerprint density at radius 1 is 1.67 bits per heavy atom. The standard InChI is InChI=1S/C9H16N2O/c1-3-5-6-7-11-9(12)8(10)4-2/h8H,4,6-7,10H2,1-2H3,(H,11,12)/t8-/m1/s1. The van der Waals surface area contributed by atoms with E-state index in [2.05, 4.69) is 17.2 Å². The van der Waals surface area contributed by atoms with E-state index in [4.69, 9.17) is 5.73 Å². The SMILES string of the molecule is CC#CCCNC(=O)[C@H](N)CC. The Morgan fingerprint density at radius 3 is 2.83 bits per heavy atom. The predicted octanol–water partition coefficient (Wildman–Crippen LogP) is 0.253.